The van der Waals surface area contributed by atoms with Gasteiger partial charge in [-0.2, -0.15) is 13.2 Å². The number of halogens is 3. The number of carbonyl (C=O) groups excluding carboxylic acids is 2. The smallest absolute Gasteiger partial charge is 0.307 e. The van der Waals surface area contributed by atoms with Gasteiger partial charge in [0.25, 0.3) is 0 Å². The van der Waals surface area contributed by atoms with E-state index in [4.69, 9.17) is 0 Å². The van der Waals surface area contributed by atoms with Crippen LogP contribution < -0.4 is 0 Å². The highest BCUT2D eigenvalue weighted by molar-refractivity contribution is 5.94. The van der Waals surface area contributed by atoms with E-state index in [-0.39, 0.29) is 12.3 Å². The van der Waals surface area contributed by atoms with E-state index >= 15 is 0 Å². The van der Waals surface area contributed by atoms with Crippen molar-refractivity contribution in [2.75, 3.05) is 6.54 Å². The molecule has 6 heteroatoms. The quantitative estimate of drug-likeness (QED) is 0.804. The van der Waals surface area contributed by atoms with Crippen LogP contribution in [0.1, 0.15) is 22.8 Å². The Morgan fingerprint density at radius 3 is 2.27 bits per heavy atom. The molecule has 1 aromatic rings. The third-order valence-electron chi connectivity index (χ3n) is 3.29. The lowest BCUT2D eigenvalue weighted by molar-refractivity contribution is -0.182. The number of Topliss-reactive ketones (excluding diaryl/α,β-unsaturated/α-hetero) is 1. The maximum absolute atomic E-state index is 12.3. The number of ketones is 1. The number of hydrogen-bond acceptors (Lipinski definition) is 2. The molecule has 1 aliphatic rings. The van der Waals surface area contributed by atoms with Crippen LogP contribution in [0.15, 0.2) is 48.2 Å². The van der Waals surface area contributed by atoms with Gasteiger partial charge in [-0.15, -0.1) is 0 Å². The topological polar surface area (TPSA) is 37.4 Å². The van der Waals surface area contributed by atoms with E-state index in [0.717, 1.165) is 17.3 Å². The number of hydrogen-bond donors (Lipinski definition) is 0. The third kappa shape index (κ3) is 3.84. The highest BCUT2D eigenvalue weighted by Crippen LogP contribution is 2.21. The van der Waals surface area contributed by atoms with Crippen molar-refractivity contribution >= 4 is 11.7 Å². The molecule has 0 spiro atoms. The molecule has 0 radical (unpaired) electrons. The number of allylic oxidation sites excluding steroid dienone is 2. The maximum atomic E-state index is 12.3. The molecule has 0 saturated carbocycles. The molecule has 0 N–H and O–H groups in total. The van der Waals surface area contributed by atoms with Crippen LogP contribution in [-0.2, 0) is 11.2 Å². The van der Waals surface area contributed by atoms with E-state index in [2.05, 4.69) is 0 Å². The van der Waals surface area contributed by atoms with Gasteiger partial charge in [0.15, 0.2) is 5.78 Å². The van der Waals surface area contributed by atoms with Crippen LogP contribution in [0.2, 0.25) is 0 Å². The first-order chi connectivity index (χ1) is 10.3. The normalized spacial score (nSPS) is 14.7. The van der Waals surface area contributed by atoms with E-state index in [0.29, 0.717) is 16.9 Å². The van der Waals surface area contributed by atoms with Crippen LogP contribution in [-0.4, -0.2) is 29.3 Å². The summed E-state index contributed by atoms with van der Waals surface area (Å²) in [6.07, 6.45) is -0.107. The molecular formula is C16H14F3NO2. The van der Waals surface area contributed by atoms with E-state index < -0.39 is 12.1 Å². The fraction of sp³-hybridized carbons (Fsp3) is 0.250. The van der Waals surface area contributed by atoms with E-state index in [1.165, 1.54) is 13.0 Å². The number of carbonyl (C=O) groups is 2. The molecule has 2 rings (SSSR count). The zero-order valence-corrected chi connectivity index (χ0v) is 11.9. The minimum Gasteiger partial charge on any atom is -0.307 e. The summed E-state index contributed by atoms with van der Waals surface area (Å²) in [4.78, 5) is 22.9. The van der Waals surface area contributed by atoms with Crippen LogP contribution >= 0.6 is 0 Å². The van der Waals surface area contributed by atoms with Gasteiger partial charge in [-0.05, 0) is 30.6 Å². The molecule has 3 nitrogen and oxygen atoms in total. The number of amides is 1. The predicted molar refractivity (Wildman–Crippen MR) is 75.1 cm³/mol. The molecule has 0 saturated heterocycles. The van der Waals surface area contributed by atoms with Crippen molar-refractivity contribution in [2.45, 2.75) is 19.5 Å². The van der Waals surface area contributed by atoms with Crippen molar-refractivity contribution in [3.05, 3.63) is 59.3 Å². The SMILES string of the molecule is CC(=O)c1ccc(CC2=CCN(C(=O)C(F)(F)F)C=C2)cc1. The van der Waals surface area contributed by atoms with Crippen LogP contribution in [0, 0.1) is 0 Å². The Balaban J connectivity index is 1.99. The summed E-state index contributed by atoms with van der Waals surface area (Å²) in [5, 5.41) is 0. The van der Waals surface area contributed by atoms with Gasteiger partial charge in [-0.3, -0.25) is 9.59 Å². The summed E-state index contributed by atoms with van der Waals surface area (Å²) < 4.78 is 36.9. The molecule has 1 aromatic carbocycles. The van der Waals surface area contributed by atoms with Gasteiger partial charge in [0.1, 0.15) is 0 Å². The van der Waals surface area contributed by atoms with Crippen LogP contribution in [0.25, 0.3) is 0 Å². The first kappa shape index (κ1) is 16.0. The Morgan fingerprint density at radius 2 is 1.82 bits per heavy atom. The van der Waals surface area contributed by atoms with Gasteiger partial charge in [-0.1, -0.05) is 30.3 Å². The van der Waals surface area contributed by atoms with Gasteiger partial charge < -0.3 is 4.90 Å². The Labute approximate surface area is 125 Å². The average molecular weight is 309 g/mol. The highest BCUT2D eigenvalue weighted by Gasteiger charge is 2.41. The third-order valence-corrected chi connectivity index (χ3v) is 3.29. The summed E-state index contributed by atoms with van der Waals surface area (Å²) in [7, 11) is 0. The molecule has 0 bridgehead atoms. The van der Waals surface area contributed by atoms with Gasteiger partial charge in [0, 0.05) is 18.3 Å². The standard InChI is InChI=1S/C16H14F3NO2/c1-11(21)14-4-2-12(3-5-14)10-13-6-8-20(9-7-13)15(22)16(17,18)19/h2-8H,9-10H2,1H3. The molecule has 0 unspecified atom stereocenters. The minimum atomic E-state index is -4.86. The Morgan fingerprint density at radius 1 is 1.18 bits per heavy atom. The first-order valence-corrected chi connectivity index (χ1v) is 6.62. The summed E-state index contributed by atoms with van der Waals surface area (Å²) in [6.45, 7) is 1.38. The second kappa shape index (κ2) is 6.17. The lowest BCUT2D eigenvalue weighted by Crippen LogP contribution is -2.38. The summed E-state index contributed by atoms with van der Waals surface area (Å²) >= 11 is 0. The monoisotopic (exact) mass is 309 g/mol. The maximum Gasteiger partial charge on any atom is 0.471 e. The predicted octanol–water partition coefficient (Wildman–Crippen LogP) is 3.28. The number of nitrogens with zero attached hydrogens (tertiary/aromatic N) is 1. The summed E-state index contributed by atoms with van der Waals surface area (Å²) in [6, 6.07) is 7.03. The molecule has 116 valence electrons. The summed E-state index contributed by atoms with van der Waals surface area (Å²) in [5.41, 5.74) is 2.37. The Hall–Kier alpha value is -2.37. The second-order valence-electron chi connectivity index (χ2n) is 4.98. The number of benzene rings is 1. The Kier molecular flexibility index (Phi) is 4.49. The minimum absolute atomic E-state index is 0.0235. The van der Waals surface area contributed by atoms with Crippen molar-refractivity contribution in [1.29, 1.82) is 0 Å². The van der Waals surface area contributed by atoms with Crippen LogP contribution in [0.3, 0.4) is 0 Å². The highest BCUT2D eigenvalue weighted by atomic mass is 19.4. The number of rotatable bonds is 3. The number of alkyl halides is 3. The van der Waals surface area contributed by atoms with E-state index in [9.17, 15) is 22.8 Å². The van der Waals surface area contributed by atoms with Gasteiger partial charge in [0.05, 0.1) is 0 Å². The van der Waals surface area contributed by atoms with Crippen molar-refractivity contribution in [2.24, 2.45) is 0 Å². The van der Waals surface area contributed by atoms with Gasteiger partial charge >= 0.3 is 12.1 Å². The zero-order valence-electron chi connectivity index (χ0n) is 11.9. The molecule has 0 fully saturated rings. The lowest BCUT2D eigenvalue weighted by Gasteiger charge is -2.21. The molecule has 22 heavy (non-hydrogen) atoms. The van der Waals surface area contributed by atoms with Gasteiger partial charge in [0.2, 0.25) is 0 Å². The zero-order chi connectivity index (χ0) is 16.3. The molecule has 1 heterocycles. The molecule has 0 aromatic heterocycles. The van der Waals surface area contributed by atoms with Crippen molar-refractivity contribution in [3.63, 3.8) is 0 Å². The summed E-state index contributed by atoms with van der Waals surface area (Å²) in [5.74, 6) is -1.89. The molecule has 0 aliphatic carbocycles. The van der Waals surface area contributed by atoms with Gasteiger partial charge in [-0.25, -0.2) is 0 Å². The second-order valence-corrected chi connectivity index (χ2v) is 4.98. The fourth-order valence-electron chi connectivity index (χ4n) is 2.07. The average Bonchev–Trinajstić information content (AvgIpc) is 2.47. The van der Waals surface area contributed by atoms with E-state index in [1.54, 1.807) is 30.3 Å². The Bertz CT molecular complexity index is 642. The largest absolute Gasteiger partial charge is 0.471 e. The molecule has 1 amide bonds. The molecule has 0 atom stereocenters. The van der Waals surface area contributed by atoms with Crippen molar-refractivity contribution in [3.8, 4) is 0 Å². The van der Waals surface area contributed by atoms with Crippen molar-refractivity contribution in [1.82, 2.24) is 4.90 Å². The van der Waals surface area contributed by atoms with Crippen molar-refractivity contribution < 1.29 is 22.8 Å². The van der Waals surface area contributed by atoms with Crippen LogP contribution in [0.5, 0.6) is 0 Å². The van der Waals surface area contributed by atoms with Crippen LogP contribution in [0.4, 0.5) is 13.2 Å². The van der Waals surface area contributed by atoms with E-state index in [1.807, 2.05) is 0 Å². The fourth-order valence-corrected chi connectivity index (χ4v) is 2.07. The molecule has 1 aliphatic heterocycles. The molecular weight excluding hydrogens is 295 g/mol. The first-order valence-electron chi connectivity index (χ1n) is 6.62. The lowest BCUT2D eigenvalue weighted by atomic mass is 10.0.